The van der Waals surface area contributed by atoms with E-state index in [0.717, 1.165) is 12.4 Å². The topological polar surface area (TPSA) is 25.4 Å². The second-order valence-electron chi connectivity index (χ2n) is 7.63. The molecule has 0 fully saturated rings. The molecule has 0 N–H and O–H groups in total. The summed E-state index contributed by atoms with van der Waals surface area (Å²) in [5, 5.41) is 0. The van der Waals surface area contributed by atoms with Gasteiger partial charge in [0.15, 0.2) is 0 Å². The van der Waals surface area contributed by atoms with Crippen molar-refractivity contribution in [1.29, 1.82) is 0 Å². The van der Waals surface area contributed by atoms with Gasteiger partial charge in [-0.05, 0) is 0 Å². The van der Waals surface area contributed by atoms with Crippen LogP contribution in [0.2, 0.25) is 13.3 Å². The van der Waals surface area contributed by atoms with Crippen LogP contribution in [0, 0.1) is 0 Å². The Morgan fingerprint density at radius 2 is 1.48 bits per heavy atom. The van der Waals surface area contributed by atoms with E-state index in [9.17, 15) is 0 Å². The number of hydrogen-bond donors (Lipinski definition) is 0. The molecule has 0 spiro atoms. The molecule has 0 bridgehead atoms. The zero-order chi connectivity index (χ0) is 18.5. The molecule has 0 unspecified atom stereocenters. The first kappa shape index (κ1) is 22.7. The second kappa shape index (κ2) is 13.0. The van der Waals surface area contributed by atoms with Crippen molar-refractivity contribution in [2.24, 2.45) is 0 Å². The Kier molecular flexibility index (Phi) is 11.8. The summed E-state index contributed by atoms with van der Waals surface area (Å²) in [6, 6.07) is 4.50. The molecule has 1 aromatic heterocycles. The SMILES string of the molecule is CCC[CH2][Sn]([CH2]CCC)([CH2]CCC)[c]1ccc(OCCN(C)C)nc1. The Morgan fingerprint density at radius 3 is 1.88 bits per heavy atom. The summed E-state index contributed by atoms with van der Waals surface area (Å²) in [6.45, 7) is 8.62. The number of pyridine rings is 1. The summed E-state index contributed by atoms with van der Waals surface area (Å²) in [5.74, 6) is 0.785. The number of hydrogen-bond acceptors (Lipinski definition) is 3. The third-order valence-corrected chi connectivity index (χ3v) is 20.7. The normalized spacial score (nSPS) is 11.9. The average molecular weight is 455 g/mol. The van der Waals surface area contributed by atoms with E-state index < -0.39 is 18.4 Å². The maximum atomic E-state index is 5.80. The van der Waals surface area contributed by atoms with Crippen LogP contribution in [0.3, 0.4) is 0 Å². The fourth-order valence-electron chi connectivity index (χ4n) is 3.47. The van der Waals surface area contributed by atoms with Crippen LogP contribution in [0.15, 0.2) is 18.3 Å². The van der Waals surface area contributed by atoms with Crippen molar-refractivity contribution in [3.8, 4) is 5.88 Å². The first-order chi connectivity index (χ1) is 12.1. The Hall–Kier alpha value is -0.291. The van der Waals surface area contributed by atoms with Gasteiger partial charge in [0.25, 0.3) is 0 Å². The maximum absolute atomic E-state index is 5.80. The van der Waals surface area contributed by atoms with E-state index in [1.807, 2.05) is 0 Å². The Morgan fingerprint density at radius 1 is 0.920 bits per heavy atom. The number of likely N-dealkylation sites (N-methyl/N-ethyl adjacent to an activating group) is 1. The molecule has 0 aliphatic rings. The van der Waals surface area contributed by atoms with Gasteiger partial charge >= 0.3 is 161 Å². The van der Waals surface area contributed by atoms with Crippen molar-refractivity contribution >= 4 is 22.0 Å². The molecule has 0 saturated carbocycles. The molecule has 4 heteroatoms. The van der Waals surface area contributed by atoms with Gasteiger partial charge in [0.1, 0.15) is 0 Å². The van der Waals surface area contributed by atoms with Crippen LogP contribution in [-0.2, 0) is 0 Å². The summed E-state index contributed by atoms with van der Waals surface area (Å²) in [5.41, 5.74) is 0. The van der Waals surface area contributed by atoms with E-state index in [4.69, 9.17) is 4.74 Å². The van der Waals surface area contributed by atoms with E-state index in [1.165, 1.54) is 51.8 Å². The number of rotatable bonds is 14. The molecule has 0 aliphatic carbocycles. The summed E-state index contributed by atoms with van der Waals surface area (Å²) in [4.78, 5) is 6.81. The fourth-order valence-corrected chi connectivity index (χ4v) is 19.1. The summed E-state index contributed by atoms with van der Waals surface area (Å²) < 4.78 is 11.9. The van der Waals surface area contributed by atoms with Crippen LogP contribution in [0.5, 0.6) is 5.88 Å². The predicted molar refractivity (Wildman–Crippen MR) is 113 cm³/mol. The third kappa shape index (κ3) is 8.29. The summed E-state index contributed by atoms with van der Waals surface area (Å²) in [6.07, 6.45) is 10.3. The van der Waals surface area contributed by atoms with Gasteiger partial charge in [-0.2, -0.15) is 0 Å². The van der Waals surface area contributed by atoms with Crippen molar-refractivity contribution in [2.75, 3.05) is 27.2 Å². The number of ether oxygens (including phenoxy) is 1. The first-order valence-corrected chi connectivity index (χ1v) is 17.8. The molecule has 1 aromatic rings. The molecule has 0 radical (unpaired) electrons. The van der Waals surface area contributed by atoms with Crippen molar-refractivity contribution in [3.63, 3.8) is 0 Å². The van der Waals surface area contributed by atoms with Crippen LogP contribution < -0.4 is 8.32 Å². The first-order valence-electron chi connectivity index (χ1n) is 10.3. The standard InChI is InChI=1S/C9H13N2O.3C4H9.Sn/c1-11(2)7-8-12-9-5-3-4-6-10-9;3*1-3-4-2;/h3,5-6H,7-8H2,1-2H3;3*1,3-4H2,2H3;. The van der Waals surface area contributed by atoms with E-state index in [2.05, 4.69) is 63.1 Å². The van der Waals surface area contributed by atoms with Crippen LogP contribution in [0.1, 0.15) is 59.3 Å². The summed E-state index contributed by atoms with van der Waals surface area (Å²) >= 11 is -2.32. The second-order valence-corrected chi connectivity index (χ2v) is 20.9. The molecule has 0 saturated heterocycles. The van der Waals surface area contributed by atoms with Crippen LogP contribution >= 0.6 is 0 Å². The molecule has 0 atom stereocenters. The molecule has 0 amide bonds. The number of aromatic nitrogens is 1. The molecule has 25 heavy (non-hydrogen) atoms. The molecular formula is C21H40N2OSn. The van der Waals surface area contributed by atoms with Gasteiger partial charge in [-0.3, -0.25) is 0 Å². The van der Waals surface area contributed by atoms with Crippen LogP contribution in [0.4, 0.5) is 0 Å². The monoisotopic (exact) mass is 456 g/mol. The fraction of sp³-hybridized carbons (Fsp3) is 0.762. The van der Waals surface area contributed by atoms with Gasteiger partial charge in [0, 0.05) is 0 Å². The zero-order valence-corrected chi connectivity index (χ0v) is 20.2. The Bertz CT molecular complexity index is 426. The predicted octanol–water partition coefficient (Wildman–Crippen LogP) is 5.08. The van der Waals surface area contributed by atoms with Crippen molar-refractivity contribution in [1.82, 2.24) is 9.88 Å². The molecule has 0 aliphatic heterocycles. The molecule has 144 valence electrons. The quantitative estimate of drug-likeness (QED) is 0.366. The van der Waals surface area contributed by atoms with Gasteiger partial charge in [-0.1, -0.05) is 0 Å². The summed E-state index contributed by atoms with van der Waals surface area (Å²) in [7, 11) is 4.13. The Labute approximate surface area is 160 Å². The van der Waals surface area contributed by atoms with Crippen molar-refractivity contribution in [3.05, 3.63) is 18.3 Å². The number of nitrogens with zero attached hydrogens (tertiary/aromatic N) is 2. The van der Waals surface area contributed by atoms with Gasteiger partial charge in [-0.15, -0.1) is 0 Å². The minimum absolute atomic E-state index is 0.704. The third-order valence-electron chi connectivity index (χ3n) is 5.16. The van der Waals surface area contributed by atoms with E-state index in [-0.39, 0.29) is 0 Å². The van der Waals surface area contributed by atoms with E-state index >= 15 is 0 Å². The van der Waals surface area contributed by atoms with Crippen molar-refractivity contribution in [2.45, 2.75) is 72.6 Å². The van der Waals surface area contributed by atoms with Gasteiger partial charge < -0.3 is 0 Å². The van der Waals surface area contributed by atoms with Gasteiger partial charge in [0.05, 0.1) is 0 Å². The van der Waals surface area contributed by atoms with E-state index in [1.54, 1.807) is 3.58 Å². The zero-order valence-electron chi connectivity index (χ0n) is 17.3. The van der Waals surface area contributed by atoms with Crippen LogP contribution in [0.25, 0.3) is 0 Å². The van der Waals surface area contributed by atoms with Crippen molar-refractivity contribution < 1.29 is 4.74 Å². The molecule has 1 heterocycles. The Balaban J connectivity index is 2.90. The molecule has 1 rings (SSSR count). The molecular weight excluding hydrogens is 415 g/mol. The van der Waals surface area contributed by atoms with Gasteiger partial charge in [-0.25, -0.2) is 0 Å². The molecule has 3 nitrogen and oxygen atoms in total. The van der Waals surface area contributed by atoms with Gasteiger partial charge in [0.2, 0.25) is 0 Å². The number of unbranched alkanes of at least 4 members (excludes halogenated alkanes) is 3. The minimum atomic E-state index is -2.32. The average Bonchev–Trinajstić information content (AvgIpc) is 2.62. The van der Waals surface area contributed by atoms with Crippen LogP contribution in [-0.4, -0.2) is 55.5 Å². The van der Waals surface area contributed by atoms with E-state index in [0.29, 0.717) is 6.61 Å². The molecule has 0 aromatic carbocycles.